The number of aromatic nitrogens is 1. The van der Waals surface area contributed by atoms with Gasteiger partial charge in [-0.3, -0.25) is 19.5 Å². The van der Waals surface area contributed by atoms with E-state index in [1.807, 2.05) is 48.7 Å². The van der Waals surface area contributed by atoms with Gasteiger partial charge in [0.25, 0.3) is 0 Å². The van der Waals surface area contributed by atoms with Crippen LogP contribution < -0.4 is 20.3 Å². The molecular formula is C27H31N5O3. The van der Waals surface area contributed by atoms with E-state index in [0.717, 1.165) is 37.3 Å². The number of amides is 2. The highest BCUT2D eigenvalue weighted by molar-refractivity contribution is 6.35. The summed E-state index contributed by atoms with van der Waals surface area (Å²) in [6, 6.07) is 21.6. The summed E-state index contributed by atoms with van der Waals surface area (Å²) in [7, 11) is 1.58. The molecule has 1 aliphatic heterocycles. The molecular weight excluding hydrogens is 442 g/mol. The zero-order valence-corrected chi connectivity index (χ0v) is 19.9. The van der Waals surface area contributed by atoms with E-state index in [4.69, 9.17) is 4.74 Å². The van der Waals surface area contributed by atoms with Gasteiger partial charge in [0.2, 0.25) is 0 Å². The highest BCUT2D eigenvalue weighted by atomic mass is 16.5. The van der Waals surface area contributed by atoms with Gasteiger partial charge in [-0.1, -0.05) is 42.5 Å². The minimum absolute atomic E-state index is 0.0763. The average molecular weight is 474 g/mol. The van der Waals surface area contributed by atoms with Crippen molar-refractivity contribution in [2.24, 2.45) is 0 Å². The first-order valence-electron chi connectivity index (χ1n) is 11.8. The van der Waals surface area contributed by atoms with Gasteiger partial charge in [0.05, 0.1) is 13.2 Å². The molecule has 3 aromatic rings. The van der Waals surface area contributed by atoms with Crippen molar-refractivity contribution in [2.75, 3.05) is 44.7 Å². The van der Waals surface area contributed by atoms with Crippen molar-refractivity contribution in [2.45, 2.75) is 12.6 Å². The zero-order chi connectivity index (χ0) is 24.5. The van der Waals surface area contributed by atoms with Crippen LogP contribution in [0.4, 0.5) is 5.69 Å². The number of hydrogen-bond donors (Lipinski definition) is 2. The Hall–Kier alpha value is -3.91. The first-order chi connectivity index (χ1) is 17.2. The Balaban J connectivity index is 1.35. The predicted molar refractivity (Wildman–Crippen MR) is 135 cm³/mol. The van der Waals surface area contributed by atoms with Gasteiger partial charge < -0.3 is 20.3 Å². The maximum absolute atomic E-state index is 12.6. The number of pyridine rings is 1. The molecule has 1 aromatic heterocycles. The molecule has 0 unspecified atom stereocenters. The van der Waals surface area contributed by atoms with Gasteiger partial charge in [0.1, 0.15) is 5.75 Å². The molecule has 2 amide bonds. The zero-order valence-electron chi connectivity index (χ0n) is 19.9. The maximum Gasteiger partial charge on any atom is 0.309 e. The van der Waals surface area contributed by atoms with Gasteiger partial charge >= 0.3 is 11.8 Å². The normalized spacial score (nSPS) is 14.7. The van der Waals surface area contributed by atoms with E-state index in [1.165, 1.54) is 5.69 Å². The van der Waals surface area contributed by atoms with Crippen LogP contribution in [-0.4, -0.2) is 61.5 Å². The molecule has 2 heterocycles. The summed E-state index contributed by atoms with van der Waals surface area (Å²) in [6.07, 6.45) is 3.56. The van der Waals surface area contributed by atoms with Crippen LogP contribution in [0.5, 0.6) is 5.75 Å². The number of nitrogens with zero attached hydrogens (tertiary/aromatic N) is 3. The van der Waals surface area contributed by atoms with E-state index in [0.29, 0.717) is 12.3 Å². The number of carbonyl (C=O) groups is 2. The third-order valence-electron chi connectivity index (χ3n) is 6.24. The quantitative estimate of drug-likeness (QED) is 0.489. The summed E-state index contributed by atoms with van der Waals surface area (Å²) in [4.78, 5) is 34.0. The average Bonchev–Trinajstić information content (AvgIpc) is 2.93. The van der Waals surface area contributed by atoms with E-state index in [9.17, 15) is 9.59 Å². The summed E-state index contributed by atoms with van der Waals surface area (Å²) < 4.78 is 5.30. The standard InChI is InChI=1S/C27H31N5O3/c1-35-25-12-6-5-8-22(25)19-29-26(33)27(34)30-20-24(21-9-7-13-28-18-21)32-16-14-31(15-17-32)23-10-3-2-4-11-23/h2-13,18,24H,14-17,19-20H2,1H3,(H,29,33)(H,30,34)/t24-/m0/s1. The Morgan fingerprint density at radius 2 is 1.63 bits per heavy atom. The number of anilines is 1. The van der Waals surface area contributed by atoms with Gasteiger partial charge in [-0.25, -0.2) is 0 Å². The van der Waals surface area contributed by atoms with Crippen LogP contribution in [0, 0.1) is 0 Å². The Morgan fingerprint density at radius 3 is 2.34 bits per heavy atom. The van der Waals surface area contributed by atoms with E-state index >= 15 is 0 Å². The minimum Gasteiger partial charge on any atom is -0.496 e. The minimum atomic E-state index is -0.672. The van der Waals surface area contributed by atoms with Crippen LogP contribution in [0.1, 0.15) is 17.2 Å². The van der Waals surface area contributed by atoms with Crippen LogP contribution in [-0.2, 0) is 16.1 Å². The van der Waals surface area contributed by atoms with E-state index in [2.05, 4.69) is 49.7 Å². The van der Waals surface area contributed by atoms with Crippen molar-refractivity contribution >= 4 is 17.5 Å². The van der Waals surface area contributed by atoms with Gasteiger partial charge in [-0.05, 0) is 29.8 Å². The Bertz CT molecular complexity index is 1100. The largest absolute Gasteiger partial charge is 0.496 e. The number of ether oxygens (including phenoxy) is 1. The van der Waals surface area contributed by atoms with Crippen LogP contribution in [0.25, 0.3) is 0 Å². The number of nitrogens with one attached hydrogen (secondary N) is 2. The van der Waals surface area contributed by atoms with E-state index in [-0.39, 0.29) is 12.6 Å². The topological polar surface area (TPSA) is 86.8 Å². The lowest BCUT2D eigenvalue weighted by atomic mass is 10.1. The van der Waals surface area contributed by atoms with Gasteiger partial charge in [-0.2, -0.15) is 0 Å². The molecule has 35 heavy (non-hydrogen) atoms. The molecule has 2 N–H and O–H groups in total. The van der Waals surface area contributed by atoms with Crippen molar-refractivity contribution in [3.8, 4) is 5.75 Å². The van der Waals surface area contributed by atoms with Crippen molar-refractivity contribution in [1.82, 2.24) is 20.5 Å². The van der Waals surface area contributed by atoms with Crippen LogP contribution >= 0.6 is 0 Å². The maximum atomic E-state index is 12.6. The van der Waals surface area contributed by atoms with Crippen molar-refractivity contribution in [1.29, 1.82) is 0 Å². The molecule has 2 aromatic carbocycles. The summed E-state index contributed by atoms with van der Waals surface area (Å²) in [5.41, 5.74) is 3.03. The molecule has 0 spiro atoms. The predicted octanol–water partition coefficient (Wildman–Crippen LogP) is 2.39. The first kappa shape index (κ1) is 24.2. The van der Waals surface area contributed by atoms with Gasteiger partial charge in [0, 0.05) is 62.9 Å². The van der Waals surface area contributed by atoms with Crippen LogP contribution in [0.15, 0.2) is 79.1 Å². The lowest BCUT2D eigenvalue weighted by Crippen LogP contribution is -2.50. The third kappa shape index (κ3) is 6.36. The molecule has 1 saturated heterocycles. The van der Waals surface area contributed by atoms with Crippen molar-refractivity contribution in [3.63, 3.8) is 0 Å². The van der Waals surface area contributed by atoms with Crippen molar-refractivity contribution < 1.29 is 14.3 Å². The summed E-state index contributed by atoms with van der Waals surface area (Å²) >= 11 is 0. The monoisotopic (exact) mass is 473 g/mol. The second kappa shape index (κ2) is 12.0. The summed E-state index contributed by atoms with van der Waals surface area (Å²) in [6.45, 7) is 3.97. The Kier molecular flexibility index (Phi) is 8.30. The van der Waals surface area contributed by atoms with Crippen LogP contribution in [0.3, 0.4) is 0 Å². The number of rotatable bonds is 8. The number of para-hydroxylation sites is 2. The molecule has 182 valence electrons. The molecule has 0 saturated carbocycles. The highest BCUT2D eigenvalue weighted by Crippen LogP contribution is 2.23. The fraction of sp³-hybridized carbons (Fsp3) is 0.296. The lowest BCUT2D eigenvalue weighted by molar-refractivity contribution is -0.139. The highest BCUT2D eigenvalue weighted by Gasteiger charge is 2.26. The van der Waals surface area contributed by atoms with Gasteiger partial charge in [-0.15, -0.1) is 0 Å². The molecule has 8 heteroatoms. The molecule has 1 aliphatic rings. The number of hydrogen-bond acceptors (Lipinski definition) is 6. The molecule has 0 aliphatic carbocycles. The second-order valence-electron chi connectivity index (χ2n) is 8.37. The Morgan fingerprint density at radius 1 is 0.914 bits per heavy atom. The molecule has 0 bridgehead atoms. The third-order valence-corrected chi connectivity index (χ3v) is 6.24. The summed E-state index contributed by atoms with van der Waals surface area (Å²) in [5, 5.41) is 5.50. The number of piperazine rings is 1. The lowest BCUT2D eigenvalue weighted by Gasteiger charge is -2.40. The number of methoxy groups -OCH3 is 1. The van der Waals surface area contributed by atoms with Crippen molar-refractivity contribution in [3.05, 3.63) is 90.3 Å². The van der Waals surface area contributed by atoms with E-state index < -0.39 is 11.8 Å². The number of benzene rings is 2. The SMILES string of the molecule is COc1ccccc1CNC(=O)C(=O)NC[C@@H](c1cccnc1)N1CCN(c2ccccc2)CC1. The van der Waals surface area contributed by atoms with Gasteiger partial charge in [0.15, 0.2) is 0 Å². The summed E-state index contributed by atoms with van der Waals surface area (Å²) in [5.74, 6) is -0.661. The van der Waals surface area contributed by atoms with Crippen LogP contribution in [0.2, 0.25) is 0 Å². The molecule has 4 rings (SSSR count). The van der Waals surface area contributed by atoms with E-state index in [1.54, 1.807) is 13.3 Å². The molecule has 1 fully saturated rings. The Labute approximate surface area is 205 Å². The smallest absolute Gasteiger partial charge is 0.309 e. The first-order valence-corrected chi connectivity index (χ1v) is 11.8. The molecule has 8 nitrogen and oxygen atoms in total. The number of carbonyl (C=O) groups excluding carboxylic acids is 2. The fourth-order valence-electron chi connectivity index (χ4n) is 4.34. The second-order valence-corrected chi connectivity index (χ2v) is 8.37. The fourth-order valence-corrected chi connectivity index (χ4v) is 4.34. The molecule has 0 radical (unpaired) electrons. The molecule has 1 atom stereocenters.